The van der Waals surface area contributed by atoms with E-state index in [1.165, 1.54) is 5.56 Å². The molecule has 2 aromatic rings. The predicted octanol–water partition coefficient (Wildman–Crippen LogP) is 4.06. The number of carbonyl (C=O) groups excluding carboxylic acids is 2. The van der Waals surface area contributed by atoms with Crippen LogP contribution in [0.2, 0.25) is 0 Å². The summed E-state index contributed by atoms with van der Waals surface area (Å²) in [5, 5.41) is 13.5. The van der Waals surface area contributed by atoms with Gasteiger partial charge in [-0.15, -0.1) is 0 Å². The fourth-order valence-corrected chi connectivity index (χ4v) is 6.58. The lowest BCUT2D eigenvalue weighted by Crippen LogP contribution is -2.64. The maximum absolute atomic E-state index is 13.1. The van der Waals surface area contributed by atoms with Crippen molar-refractivity contribution < 1.29 is 28.9 Å². The van der Waals surface area contributed by atoms with Gasteiger partial charge in [0.15, 0.2) is 11.5 Å². The zero-order valence-electron chi connectivity index (χ0n) is 21.5. The molecule has 8 heteroatoms. The van der Waals surface area contributed by atoms with Crippen LogP contribution in [0.15, 0.2) is 48.6 Å². The minimum Gasteiger partial charge on any atom is -0.482 e. The molecule has 2 N–H and O–H groups in total. The molecule has 4 aliphatic rings. The number of aliphatic hydroxyl groups is 1. The number of anilines is 1. The lowest BCUT2D eigenvalue weighted by Gasteiger charge is -2.56. The number of carbonyl (C=O) groups is 2. The number of likely N-dealkylation sites (tertiary alicyclic amines) is 1. The number of aliphatic hydroxyl groups excluding tert-OH is 1. The molecule has 1 amide bonds. The van der Waals surface area contributed by atoms with E-state index < -0.39 is 29.9 Å². The first kappa shape index (κ1) is 24.0. The second-order valence-electron chi connectivity index (χ2n) is 11.5. The molecule has 2 aliphatic carbocycles. The van der Waals surface area contributed by atoms with E-state index in [2.05, 4.69) is 23.3 Å². The van der Waals surface area contributed by atoms with Gasteiger partial charge in [-0.25, -0.2) is 9.59 Å². The highest BCUT2D eigenvalue weighted by Gasteiger charge is 2.64. The van der Waals surface area contributed by atoms with Gasteiger partial charge >= 0.3 is 12.1 Å². The summed E-state index contributed by atoms with van der Waals surface area (Å²) >= 11 is 0. The maximum Gasteiger partial charge on any atom is 0.412 e. The highest BCUT2D eigenvalue weighted by molar-refractivity contribution is 5.93. The Morgan fingerprint density at radius 3 is 2.62 bits per heavy atom. The van der Waals surface area contributed by atoms with Crippen LogP contribution in [0.25, 0.3) is 0 Å². The average Bonchev–Trinajstić information content (AvgIpc) is 3.19. The second kappa shape index (κ2) is 8.33. The molecule has 8 nitrogen and oxygen atoms in total. The van der Waals surface area contributed by atoms with Crippen molar-refractivity contribution in [1.29, 1.82) is 0 Å². The zero-order valence-corrected chi connectivity index (χ0v) is 21.5. The molecule has 5 atom stereocenters. The Kier molecular flexibility index (Phi) is 5.40. The van der Waals surface area contributed by atoms with Crippen LogP contribution in [0.5, 0.6) is 11.5 Å². The third kappa shape index (κ3) is 3.81. The minimum atomic E-state index is -0.716. The number of nitrogens with one attached hydrogen (secondary N) is 1. The second-order valence-corrected chi connectivity index (χ2v) is 11.5. The van der Waals surface area contributed by atoms with Gasteiger partial charge in [-0.2, -0.15) is 0 Å². The van der Waals surface area contributed by atoms with E-state index in [1.807, 2.05) is 12.1 Å². The van der Waals surface area contributed by atoms with E-state index in [4.69, 9.17) is 14.2 Å². The molecule has 194 valence electrons. The van der Waals surface area contributed by atoms with Crippen molar-refractivity contribution in [3.05, 3.63) is 65.2 Å². The quantitative estimate of drug-likeness (QED) is 0.370. The maximum atomic E-state index is 13.1. The summed E-state index contributed by atoms with van der Waals surface area (Å²) in [5.41, 5.74) is 2.22. The number of hydrogen-bond acceptors (Lipinski definition) is 7. The fourth-order valence-electron chi connectivity index (χ4n) is 6.58. The topological polar surface area (TPSA) is 97.3 Å². The standard InChI is InChI=1S/C29H32N2O6/c1-28(2,3)37-27(34)30-18-8-5-16(6-9-18)26(33)35-22-12-7-17-15-20-19-10-11-21(32)25-29(19,13-14-31(20)4)23(17)24(22)36-25/h5-12,19-21,25,32H,13-15H2,1-4H3,(H,30,34)/t19-,20+,21-,25-,29-/m0/s1. The van der Waals surface area contributed by atoms with Crippen LogP contribution < -0.4 is 14.8 Å². The fraction of sp³-hybridized carbons (Fsp3) is 0.448. The summed E-state index contributed by atoms with van der Waals surface area (Å²) in [4.78, 5) is 27.5. The van der Waals surface area contributed by atoms with Crippen molar-refractivity contribution in [3.63, 3.8) is 0 Å². The molecule has 6 rings (SSSR count). The third-order valence-electron chi connectivity index (χ3n) is 8.10. The summed E-state index contributed by atoms with van der Waals surface area (Å²) < 4.78 is 17.6. The Hall–Kier alpha value is -3.36. The van der Waals surface area contributed by atoms with Gasteiger partial charge in [-0.05, 0) is 83.1 Å². The number of amides is 1. The van der Waals surface area contributed by atoms with Crippen molar-refractivity contribution in [1.82, 2.24) is 4.90 Å². The predicted molar refractivity (Wildman–Crippen MR) is 137 cm³/mol. The summed E-state index contributed by atoms with van der Waals surface area (Å²) in [5.74, 6) is 0.661. The Bertz CT molecular complexity index is 1300. The highest BCUT2D eigenvalue weighted by atomic mass is 16.6. The number of nitrogens with zero attached hydrogens (tertiary/aromatic N) is 1. The van der Waals surface area contributed by atoms with Crippen LogP contribution >= 0.6 is 0 Å². The molecule has 0 radical (unpaired) electrons. The number of esters is 1. The molecule has 2 aromatic carbocycles. The van der Waals surface area contributed by atoms with E-state index in [0.717, 1.165) is 24.9 Å². The Balaban J connectivity index is 1.26. The van der Waals surface area contributed by atoms with E-state index in [0.29, 0.717) is 28.8 Å². The van der Waals surface area contributed by atoms with Crippen LogP contribution in [-0.4, -0.2) is 59.5 Å². The van der Waals surface area contributed by atoms with Crippen LogP contribution in [0.4, 0.5) is 10.5 Å². The lowest BCUT2D eigenvalue weighted by atomic mass is 9.53. The minimum absolute atomic E-state index is 0.240. The number of ether oxygens (including phenoxy) is 3. The Labute approximate surface area is 216 Å². The number of likely N-dealkylation sites (N-methyl/N-ethyl adjacent to an activating group) is 1. The van der Waals surface area contributed by atoms with Crippen molar-refractivity contribution in [2.75, 3.05) is 18.9 Å². The van der Waals surface area contributed by atoms with Gasteiger partial charge in [0.2, 0.25) is 0 Å². The number of hydrogen-bond donors (Lipinski definition) is 2. The van der Waals surface area contributed by atoms with Crippen molar-refractivity contribution in [3.8, 4) is 11.5 Å². The molecule has 2 aliphatic heterocycles. The smallest absolute Gasteiger partial charge is 0.412 e. The van der Waals surface area contributed by atoms with E-state index in [1.54, 1.807) is 51.1 Å². The summed E-state index contributed by atoms with van der Waals surface area (Å²) in [6.07, 6.45) is 4.11. The SMILES string of the molecule is CN1CC[C@]23c4c5ccc(OC(=O)c6ccc(NC(=O)OC(C)(C)C)cc6)c4O[C@H]2[C@@H](O)C=C[C@H]3[C@H]1C5. The molecule has 2 heterocycles. The number of benzene rings is 2. The van der Waals surface area contributed by atoms with Gasteiger partial charge in [-0.3, -0.25) is 5.32 Å². The molecule has 1 spiro atoms. The largest absolute Gasteiger partial charge is 0.482 e. The Morgan fingerprint density at radius 2 is 1.89 bits per heavy atom. The highest BCUT2D eigenvalue weighted by Crippen LogP contribution is 2.62. The average molecular weight is 505 g/mol. The van der Waals surface area contributed by atoms with Crippen molar-refractivity contribution in [2.24, 2.45) is 5.92 Å². The van der Waals surface area contributed by atoms with E-state index in [9.17, 15) is 14.7 Å². The van der Waals surface area contributed by atoms with E-state index in [-0.39, 0.29) is 11.3 Å². The van der Waals surface area contributed by atoms with Gasteiger partial charge in [-0.1, -0.05) is 18.2 Å². The molecule has 0 aromatic heterocycles. The molecule has 0 saturated carbocycles. The first-order valence-electron chi connectivity index (χ1n) is 12.8. The molecule has 1 saturated heterocycles. The monoisotopic (exact) mass is 504 g/mol. The molecule has 1 fully saturated rings. The van der Waals surface area contributed by atoms with Crippen LogP contribution in [0, 0.1) is 5.92 Å². The number of piperidine rings is 1. The van der Waals surface area contributed by atoms with E-state index >= 15 is 0 Å². The first-order chi connectivity index (χ1) is 17.6. The Morgan fingerprint density at radius 1 is 1.14 bits per heavy atom. The summed E-state index contributed by atoms with van der Waals surface area (Å²) in [6, 6.07) is 10.6. The van der Waals surface area contributed by atoms with Crippen LogP contribution in [-0.2, 0) is 16.6 Å². The molecule has 2 bridgehead atoms. The normalized spacial score (nSPS) is 29.2. The molecular formula is C29H32N2O6. The lowest BCUT2D eigenvalue weighted by molar-refractivity contribution is -0.0453. The van der Waals surface area contributed by atoms with Gasteiger partial charge in [0.05, 0.1) is 5.56 Å². The molecule has 0 unspecified atom stereocenters. The molecular weight excluding hydrogens is 472 g/mol. The summed E-state index contributed by atoms with van der Waals surface area (Å²) in [6.45, 7) is 6.29. The van der Waals surface area contributed by atoms with Crippen molar-refractivity contribution >= 4 is 17.7 Å². The first-order valence-corrected chi connectivity index (χ1v) is 12.8. The summed E-state index contributed by atoms with van der Waals surface area (Å²) in [7, 11) is 2.16. The zero-order chi connectivity index (χ0) is 26.1. The van der Waals surface area contributed by atoms with Gasteiger partial charge in [0, 0.05) is 28.6 Å². The number of rotatable bonds is 3. The molecule has 37 heavy (non-hydrogen) atoms. The van der Waals surface area contributed by atoms with Crippen LogP contribution in [0.3, 0.4) is 0 Å². The van der Waals surface area contributed by atoms with Gasteiger partial charge in [0.25, 0.3) is 0 Å². The van der Waals surface area contributed by atoms with Gasteiger partial charge < -0.3 is 24.2 Å². The third-order valence-corrected chi connectivity index (χ3v) is 8.10. The van der Waals surface area contributed by atoms with Crippen molar-refractivity contribution in [2.45, 2.75) is 62.9 Å². The van der Waals surface area contributed by atoms with Gasteiger partial charge in [0.1, 0.15) is 17.8 Å². The van der Waals surface area contributed by atoms with Crippen LogP contribution in [0.1, 0.15) is 48.7 Å².